The van der Waals surface area contributed by atoms with E-state index in [9.17, 15) is 9.18 Å². The molecule has 0 aliphatic rings. The van der Waals surface area contributed by atoms with Crippen molar-refractivity contribution in [3.05, 3.63) is 53.1 Å². The summed E-state index contributed by atoms with van der Waals surface area (Å²) < 4.78 is 18.2. The Kier molecular flexibility index (Phi) is 4.53. The summed E-state index contributed by atoms with van der Waals surface area (Å²) in [6, 6.07) is 7.38. The van der Waals surface area contributed by atoms with Crippen molar-refractivity contribution < 1.29 is 13.9 Å². The zero-order valence-electron chi connectivity index (χ0n) is 10.7. The van der Waals surface area contributed by atoms with E-state index < -0.39 is 11.9 Å². The molecule has 1 heterocycles. The zero-order valence-corrected chi connectivity index (χ0v) is 11.4. The Bertz CT molecular complexity index is 634. The highest BCUT2D eigenvalue weighted by Gasteiger charge is 2.09. The Balaban J connectivity index is 2.14. The predicted octanol–water partition coefficient (Wildman–Crippen LogP) is 3.53. The Labute approximate surface area is 120 Å². The van der Waals surface area contributed by atoms with Gasteiger partial charge in [-0.3, -0.25) is 4.79 Å². The molecule has 20 heavy (non-hydrogen) atoms. The molecule has 1 N–H and O–H groups in total. The standard InChI is InChI=1S/C14H12ClFN2O2/c1-2-20-12-4-3-10(8-11(12)15)18-14(19)9-5-6-17-13(16)7-9/h3-8H,2H2,1H3,(H,18,19). The van der Waals surface area contributed by atoms with Crippen LogP contribution in [-0.4, -0.2) is 17.5 Å². The van der Waals surface area contributed by atoms with Gasteiger partial charge in [0.1, 0.15) is 5.75 Å². The maximum Gasteiger partial charge on any atom is 0.255 e. The van der Waals surface area contributed by atoms with E-state index in [1.807, 2.05) is 6.92 Å². The smallest absolute Gasteiger partial charge is 0.255 e. The molecule has 0 radical (unpaired) electrons. The van der Waals surface area contributed by atoms with Crippen LogP contribution in [0.3, 0.4) is 0 Å². The van der Waals surface area contributed by atoms with Gasteiger partial charge in [-0.2, -0.15) is 4.39 Å². The highest BCUT2D eigenvalue weighted by atomic mass is 35.5. The number of carbonyl (C=O) groups excluding carboxylic acids is 1. The Hall–Kier alpha value is -2.14. The van der Waals surface area contributed by atoms with Gasteiger partial charge in [0.15, 0.2) is 0 Å². The van der Waals surface area contributed by atoms with Gasteiger partial charge in [-0.05, 0) is 31.2 Å². The number of nitrogens with zero attached hydrogens (tertiary/aromatic N) is 1. The van der Waals surface area contributed by atoms with Gasteiger partial charge in [0.2, 0.25) is 5.95 Å². The summed E-state index contributed by atoms with van der Waals surface area (Å²) in [4.78, 5) is 15.3. The summed E-state index contributed by atoms with van der Waals surface area (Å²) >= 11 is 6.02. The number of halogens is 2. The lowest BCUT2D eigenvalue weighted by atomic mass is 10.2. The maximum absolute atomic E-state index is 12.9. The number of ether oxygens (including phenoxy) is 1. The van der Waals surface area contributed by atoms with Crippen LogP contribution in [0.15, 0.2) is 36.5 Å². The molecule has 2 rings (SSSR count). The lowest BCUT2D eigenvalue weighted by molar-refractivity contribution is 0.102. The zero-order chi connectivity index (χ0) is 14.5. The first-order valence-corrected chi connectivity index (χ1v) is 6.33. The maximum atomic E-state index is 12.9. The summed E-state index contributed by atoms with van der Waals surface area (Å²) in [7, 11) is 0. The third-order valence-electron chi connectivity index (χ3n) is 2.48. The monoisotopic (exact) mass is 294 g/mol. The average molecular weight is 295 g/mol. The first-order chi connectivity index (χ1) is 9.60. The molecule has 0 atom stereocenters. The normalized spacial score (nSPS) is 10.2. The van der Waals surface area contributed by atoms with Crippen LogP contribution in [0.1, 0.15) is 17.3 Å². The quantitative estimate of drug-likeness (QED) is 0.878. The van der Waals surface area contributed by atoms with Crippen molar-refractivity contribution in [3.8, 4) is 5.75 Å². The summed E-state index contributed by atoms with van der Waals surface area (Å²) in [6.07, 6.45) is 1.23. The first kappa shape index (κ1) is 14.3. The molecule has 0 saturated carbocycles. The van der Waals surface area contributed by atoms with Crippen LogP contribution in [0.5, 0.6) is 5.75 Å². The summed E-state index contributed by atoms with van der Waals surface area (Å²) in [5, 5.41) is 3.02. The van der Waals surface area contributed by atoms with E-state index in [4.69, 9.17) is 16.3 Å². The van der Waals surface area contributed by atoms with E-state index in [0.29, 0.717) is 23.1 Å². The lowest BCUT2D eigenvalue weighted by Gasteiger charge is -2.09. The molecule has 1 aromatic heterocycles. The van der Waals surface area contributed by atoms with Crippen LogP contribution in [0, 0.1) is 5.95 Å². The number of rotatable bonds is 4. The highest BCUT2D eigenvalue weighted by Crippen LogP contribution is 2.27. The van der Waals surface area contributed by atoms with Gasteiger partial charge < -0.3 is 10.1 Å². The number of benzene rings is 1. The Morgan fingerprint density at radius 2 is 2.20 bits per heavy atom. The molecule has 0 unspecified atom stereocenters. The molecule has 0 saturated heterocycles. The third-order valence-corrected chi connectivity index (χ3v) is 2.77. The van der Waals surface area contributed by atoms with Crippen molar-refractivity contribution in [2.75, 3.05) is 11.9 Å². The van der Waals surface area contributed by atoms with Crippen molar-refractivity contribution in [3.63, 3.8) is 0 Å². The SMILES string of the molecule is CCOc1ccc(NC(=O)c2ccnc(F)c2)cc1Cl. The van der Waals surface area contributed by atoms with Crippen LogP contribution >= 0.6 is 11.6 Å². The molecule has 6 heteroatoms. The van der Waals surface area contributed by atoms with Gasteiger partial charge in [-0.1, -0.05) is 11.6 Å². The van der Waals surface area contributed by atoms with Gasteiger partial charge in [-0.15, -0.1) is 0 Å². The minimum atomic E-state index is -0.706. The van der Waals surface area contributed by atoms with Gasteiger partial charge in [0, 0.05) is 23.5 Å². The third kappa shape index (κ3) is 3.45. The molecule has 4 nitrogen and oxygen atoms in total. The van der Waals surface area contributed by atoms with Crippen LogP contribution in [0.4, 0.5) is 10.1 Å². The number of carbonyl (C=O) groups is 1. The molecule has 2 aromatic rings. The van der Waals surface area contributed by atoms with E-state index in [-0.39, 0.29) is 5.56 Å². The van der Waals surface area contributed by atoms with Gasteiger partial charge in [-0.25, -0.2) is 4.98 Å². The molecule has 0 spiro atoms. The first-order valence-electron chi connectivity index (χ1n) is 5.95. The molecule has 0 aliphatic heterocycles. The van der Waals surface area contributed by atoms with Crippen LogP contribution in [0.25, 0.3) is 0 Å². The second-order valence-corrected chi connectivity index (χ2v) is 4.31. The number of anilines is 1. The van der Waals surface area contributed by atoms with Crippen LogP contribution in [0.2, 0.25) is 5.02 Å². The van der Waals surface area contributed by atoms with Crippen molar-refractivity contribution in [2.45, 2.75) is 6.92 Å². The predicted molar refractivity (Wildman–Crippen MR) is 74.8 cm³/mol. The molecule has 0 aliphatic carbocycles. The molecular weight excluding hydrogens is 283 g/mol. The second-order valence-electron chi connectivity index (χ2n) is 3.90. The van der Waals surface area contributed by atoms with Crippen molar-refractivity contribution >= 4 is 23.2 Å². The van der Waals surface area contributed by atoms with Crippen LogP contribution < -0.4 is 10.1 Å². The highest BCUT2D eigenvalue weighted by molar-refractivity contribution is 6.32. The minimum absolute atomic E-state index is 0.183. The van der Waals surface area contributed by atoms with Crippen LogP contribution in [-0.2, 0) is 0 Å². The molecule has 104 valence electrons. The summed E-state index contributed by atoms with van der Waals surface area (Å²) in [5.74, 6) is -0.601. The fourth-order valence-electron chi connectivity index (χ4n) is 1.60. The second kappa shape index (κ2) is 6.34. The fourth-order valence-corrected chi connectivity index (χ4v) is 1.83. The largest absolute Gasteiger partial charge is 0.492 e. The summed E-state index contributed by atoms with van der Waals surface area (Å²) in [6.45, 7) is 2.35. The number of pyridine rings is 1. The topological polar surface area (TPSA) is 51.2 Å². The van der Waals surface area contributed by atoms with Crippen molar-refractivity contribution in [1.82, 2.24) is 4.98 Å². The fraction of sp³-hybridized carbons (Fsp3) is 0.143. The van der Waals surface area contributed by atoms with Gasteiger partial charge in [0.05, 0.1) is 11.6 Å². The van der Waals surface area contributed by atoms with Crippen molar-refractivity contribution in [1.29, 1.82) is 0 Å². The Morgan fingerprint density at radius 3 is 2.85 bits per heavy atom. The Morgan fingerprint density at radius 1 is 1.40 bits per heavy atom. The summed E-state index contributed by atoms with van der Waals surface area (Å²) in [5.41, 5.74) is 0.684. The molecule has 1 aromatic carbocycles. The van der Waals surface area contributed by atoms with E-state index >= 15 is 0 Å². The van der Waals surface area contributed by atoms with Crippen molar-refractivity contribution in [2.24, 2.45) is 0 Å². The minimum Gasteiger partial charge on any atom is -0.492 e. The average Bonchev–Trinajstić information content (AvgIpc) is 2.42. The number of nitrogens with one attached hydrogen (secondary N) is 1. The van der Waals surface area contributed by atoms with E-state index in [1.165, 1.54) is 12.3 Å². The number of hydrogen-bond acceptors (Lipinski definition) is 3. The molecular formula is C14H12ClFN2O2. The van der Waals surface area contributed by atoms with E-state index in [1.54, 1.807) is 18.2 Å². The number of hydrogen-bond donors (Lipinski definition) is 1. The van der Waals surface area contributed by atoms with E-state index in [2.05, 4.69) is 10.3 Å². The lowest BCUT2D eigenvalue weighted by Crippen LogP contribution is -2.12. The molecule has 0 fully saturated rings. The van der Waals surface area contributed by atoms with Gasteiger partial charge in [0.25, 0.3) is 5.91 Å². The molecule has 0 bridgehead atoms. The number of aromatic nitrogens is 1. The van der Waals surface area contributed by atoms with E-state index in [0.717, 1.165) is 6.07 Å². The van der Waals surface area contributed by atoms with Gasteiger partial charge >= 0.3 is 0 Å². The molecule has 1 amide bonds. The number of amides is 1.